The summed E-state index contributed by atoms with van der Waals surface area (Å²) in [6.07, 6.45) is 2.01. The lowest BCUT2D eigenvalue weighted by molar-refractivity contribution is -0.136. The van der Waals surface area contributed by atoms with Crippen molar-refractivity contribution in [3.63, 3.8) is 0 Å². The van der Waals surface area contributed by atoms with Gasteiger partial charge in [-0.2, -0.15) is 5.10 Å². The van der Waals surface area contributed by atoms with Crippen LogP contribution in [0.3, 0.4) is 0 Å². The molecule has 0 N–H and O–H groups in total. The molecule has 2 aromatic carbocycles. The van der Waals surface area contributed by atoms with Crippen LogP contribution in [0.5, 0.6) is 0 Å². The molecule has 0 bridgehead atoms. The third-order valence-corrected chi connectivity index (χ3v) is 5.27. The molecule has 0 spiro atoms. The van der Waals surface area contributed by atoms with Gasteiger partial charge in [-0.05, 0) is 47.5 Å². The van der Waals surface area contributed by atoms with Gasteiger partial charge >= 0.3 is 5.97 Å². The van der Waals surface area contributed by atoms with Crippen molar-refractivity contribution >= 4 is 29.2 Å². The molecule has 0 radical (unpaired) electrons. The number of hydrogen-bond acceptors (Lipinski definition) is 6. The van der Waals surface area contributed by atoms with Gasteiger partial charge < -0.3 is 13.9 Å². The number of esters is 1. The molecule has 8 heteroatoms. The van der Waals surface area contributed by atoms with Crippen LogP contribution < -0.4 is 0 Å². The number of hydrazone groups is 1. The van der Waals surface area contributed by atoms with Crippen molar-refractivity contribution in [2.24, 2.45) is 5.10 Å². The highest BCUT2D eigenvalue weighted by Crippen LogP contribution is 2.33. The van der Waals surface area contributed by atoms with Gasteiger partial charge in [0.25, 0.3) is 5.91 Å². The quantitative estimate of drug-likeness (QED) is 0.489. The third kappa shape index (κ3) is 4.90. The molecular formula is C24H21ClN2O5. The average molecular weight is 453 g/mol. The lowest BCUT2D eigenvalue weighted by Gasteiger charge is -2.19. The summed E-state index contributed by atoms with van der Waals surface area (Å²) in [7, 11) is 1.58. The minimum atomic E-state index is -0.591. The van der Waals surface area contributed by atoms with Crippen LogP contribution in [-0.4, -0.2) is 36.3 Å². The van der Waals surface area contributed by atoms with Gasteiger partial charge in [0.05, 0.1) is 24.1 Å². The first-order chi connectivity index (χ1) is 15.5. The van der Waals surface area contributed by atoms with Crippen LogP contribution in [-0.2, 0) is 20.9 Å². The summed E-state index contributed by atoms with van der Waals surface area (Å²) in [6.45, 7) is -0.0667. The molecule has 1 aliphatic heterocycles. The first-order valence-electron chi connectivity index (χ1n) is 9.99. The number of hydrogen-bond donors (Lipinski definition) is 0. The van der Waals surface area contributed by atoms with Gasteiger partial charge in [-0.15, -0.1) is 0 Å². The molecule has 2 heterocycles. The second kappa shape index (κ2) is 9.80. The van der Waals surface area contributed by atoms with Gasteiger partial charge in [0.1, 0.15) is 11.8 Å². The van der Waals surface area contributed by atoms with E-state index in [0.29, 0.717) is 29.4 Å². The van der Waals surface area contributed by atoms with Crippen molar-refractivity contribution in [3.8, 4) is 0 Å². The van der Waals surface area contributed by atoms with E-state index in [1.807, 2.05) is 18.2 Å². The standard InChI is InChI=1S/C24H21ClN2O5/c1-30-14-16-4-2-5-18(12-16)24(29)32-15-23(28)27-21(22-6-3-11-31-22)13-20(26-27)17-7-9-19(25)10-8-17/h2-12,21H,13-15H2,1H3. The van der Waals surface area contributed by atoms with Gasteiger partial charge in [0.15, 0.2) is 6.61 Å². The highest BCUT2D eigenvalue weighted by molar-refractivity contribution is 6.30. The topological polar surface area (TPSA) is 81.3 Å². The zero-order valence-electron chi connectivity index (χ0n) is 17.4. The Morgan fingerprint density at radius 1 is 1.16 bits per heavy atom. The number of halogens is 1. The van der Waals surface area contributed by atoms with Crippen LogP contribution in [0.1, 0.15) is 39.7 Å². The minimum absolute atomic E-state index is 0.349. The zero-order chi connectivity index (χ0) is 22.5. The predicted octanol–water partition coefficient (Wildman–Crippen LogP) is 4.61. The lowest BCUT2D eigenvalue weighted by atomic mass is 10.0. The summed E-state index contributed by atoms with van der Waals surface area (Å²) >= 11 is 5.98. The second-order valence-electron chi connectivity index (χ2n) is 7.24. The molecule has 4 rings (SSSR count). The number of rotatable bonds is 7. The summed E-state index contributed by atoms with van der Waals surface area (Å²) in [4.78, 5) is 25.4. The Labute approximate surface area is 190 Å². The molecule has 0 fully saturated rings. The summed E-state index contributed by atoms with van der Waals surface area (Å²) < 4.78 is 15.9. The largest absolute Gasteiger partial charge is 0.467 e. The number of carbonyl (C=O) groups is 2. The van der Waals surface area contributed by atoms with Crippen molar-refractivity contribution < 1.29 is 23.5 Å². The van der Waals surface area contributed by atoms with Crippen LogP contribution in [0.4, 0.5) is 0 Å². The number of methoxy groups -OCH3 is 1. The Hall–Kier alpha value is -3.42. The van der Waals surface area contributed by atoms with E-state index in [2.05, 4.69) is 5.10 Å². The van der Waals surface area contributed by atoms with Crippen molar-refractivity contribution in [1.29, 1.82) is 0 Å². The number of ether oxygens (including phenoxy) is 2. The van der Waals surface area contributed by atoms with E-state index in [9.17, 15) is 9.59 Å². The van der Waals surface area contributed by atoms with Gasteiger partial charge in [0.2, 0.25) is 0 Å². The molecule has 1 unspecified atom stereocenters. The highest BCUT2D eigenvalue weighted by atomic mass is 35.5. The Morgan fingerprint density at radius 2 is 1.97 bits per heavy atom. The number of carbonyl (C=O) groups excluding carboxylic acids is 2. The lowest BCUT2D eigenvalue weighted by Crippen LogP contribution is -2.31. The minimum Gasteiger partial charge on any atom is -0.467 e. The maximum Gasteiger partial charge on any atom is 0.338 e. The third-order valence-electron chi connectivity index (χ3n) is 5.02. The molecule has 3 aromatic rings. The van der Waals surface area contributed by atoms with E-state index >= 15 is 0 Å². The van der Waals surface area contributed by atoms with Gasteiger partial charge in [-0.25, -0.2) is 9.80 Å². The number of benzene rings is 2. The van der Waals surface area contributed by atoms with Crippen LogP contribution >= 0.6 is 11.6 Å². The number of furan rings is 1. The molecule has 1 atom stereocenters. The molecule has 1 amide bonds. The van der Waals surface area contributed by atoms with E-state index in [4.69, 9.17) is 25.5 Å². The normalized spacial score (nSPS) is 15.5. The summed E-state index contributed by atoms with van der Waals surface area (Å²) in [5.41, 5.74) is 2.76. The fourth-order valence-electron chi connectivity index (χ4n) is 3.49. The SMILES string of the molecule is COCc1cccc(C(=O)OCC(=O)N2N=C(c3ccc(Cl)cc3)CC2c2ccco2)c1. The Morgan fingerprint density at radius 3 is 2.69 bits per heavy atom. The molecule has 32 heavy (non-hydrogen) atoms. The molecule has 0 aliphatic carbocycles. The van der Waals surface area contributed by atoms with Crippen molar-refractivity contribution in [2.45, 2.75) is 19.1 Å². The van der Waals surface area contributed by atoms with Crippen LogP contribution in [0.25, 0.3) is 0 Å². The maximum absolute atomic E-state index is 12.9. The fraction of sp³-hybridized carbons (Fsp3) is 0.208. The number of amides is 1. The van der Waals surface area contributed by atoms with Crippen LogP contribution in [0.2, 0.25) is 5.02 Å². The van der Waals surface area contributed by atoms with Crippen molar-refractivity contribution in [1.82, 2.24) is 5.01 Å². The molecule has 164 valence electrons. The van der Waals surface area contributed by atoms with E-state index in [-0.39, 0.29) is 0 Å². The van der Waals surface area contributed by atoms with Crippen LogP contribution in [0.15, 0.2) is 76.4 Å². The van der Waals surface area contributed by atoms with E-state index in [0.717, 1.165) is 16.8 Å². The van der Waals surface area contributed by atoms with E-state index < -0.39 is 24.5 Å². The molecule has 0 saturated heterocycles. The van der Waals surface area contributed by atoms with Gasteiger partial charge in [0, 0.05) is 18.6 Å². The summed E-state index contributed by atoms with van der Waals surface area (Å²) in [5, 5.41) is 6.44. The smallest absolute Gasteiger partial charge is 0.338 e. The number of nitrogens with zero attached hydrogens (tertiary/aromatic N) is 2. The Kier molecular flexibility index (Phi) is 6.68. The van der Waals surface area contributed by atoms with Gasteiger partial charge in [-0.1, -0.05) is 35.9 Å². The summed E-state index contributed by atoms with van der Waals surface area (Å²) in [6, 6.07) is 17.2. The average Bonchev–Trinajstić information content (AvgIpc) is 3.48. The molecule has 7 nitrogen and oxygen atoms in total. The Balaban J connectivity index is 1.49. The fourth-order valence-corrected chi connectivity index (χ4v) is 3.62. The zero-order valence-corrected chi connectivity index (χ0v) is 18.1. The monoisotopic (exact) mass is 452 g/mol. The highest BCUT2D eigenvalue weighted by Gasteiger charge is 2.35. The predicted molar refractivity (Wildman–Crippen MR) is 118 cm³/mol. The maximum atomic E-state index is 12.9. The first kappa shape index (κ1) is 21.8. The molecule has 1 aromatic heterocycles. The molecule has 0 saturated carbocycles. The van der Waals surface area contributed by atoms with Crippen molar-refractivity contribution in [2.75, 3.05) is 13.7 Å². The summed E-state index contributed by atoms with van der Waals surface area (Å²) in [5.74, 6) is -0.437. The Bertz CT molecular complexity index is 1130. The van der Waals surface area contributed by atoms with Gasteiger partial charge in [-0.3, -0.25) is 4.79 Å². The van der Waals surface area contributed by atoms with Crippen LogP contribution in [0, 0.1) is 0 Å². The second-order valence-corrected chi connectivity index (χ2v) is 7.67. The van der Waals surface area contributed by atoms with E-state index in [1.54, 1.807) is 55.8 Å². The van der Waals surface area contributed by atoms with E-state index in [1.165, 1.54) is 5.01 Å². The molecular weight excluding hydrogens is 432 g/mol. The van der Waals surface area contributed by atoms with Crippen molar-refractivity contribution in [3.05, 3.63) is 94.4 Å². The first-order valence-corrected chi connectivity index (χ1v) is 10.4. The molecule has 1 aliphatic rings.